The van der Waals surface area contributed by atoms with Gasteiger partial charge in [-0.1, -0.05) is 12.1 Å². The maximum absolute atomic E-state index is 13.9. The summed E-state index contributed by atoms with van der Waals surface area (Å²) >= 11 is 8.14. The number of halogens is 4. The number of thiophene rings is 1. The summed E-state index contributed by atoms with van der Waals surface area (Å²) in [6.45, 7) is 1.52. The largest absolute Gasteiger partial charge is 0.320 e. The molecule has 1 aromatic carbocycles. The van der Waals surface area contributed by atoms with E-state index in [9.17, 15) is 8.78 Å². The number of hydrogen-bond donors (Lipinski definition) is 1. The highest BCUT2D eigenvalue weighted by Crippen LogP contribution is 2.37. The Morgan fingerprint density at radius 3 is 2.39 bits per heavy atom. The zero-order valence-electron chi connectivity index (χ0n) is 9.31. The van der Waals surface area contributed by atoms with Crippen LogP contribution in [-0.4, -0.2) is 0 Å². The van der Waals surface area contributed by atoms with Crippen LogP contribution < -0.4 is 5.73 Å². The number of rotatable bonds is 2. The van der Waals surface area contributed by atoms with Crippen LogP contribution in [-0.2, 0) is 0 Å². The summed E-state index contributed by atoms with van der Waals surface area (Å²) < 4.78 is 29.1. The molecule has 0 bridgehead atoms. The van der Waals surface area contributed by atoms with Crippen LogP contribution in [0.1, 0.15) is 22.7 Å². The average molecular weight is 397 g/mol. The van der Waals surface area contributed by atoms with Crippen molar-refractivity contribution in [3.63, 3.8) is 0 Å². The van der Waals surface area contributed by atoms with Gasteiger partial charge in [-0.05, 0) is 56.0 Å². The Kier molecular flexibility index (Phi) is 4.21. The van der Waals surface area contributed by atoms with Gasteiger partial charge in [-0.2, -0.15) is 0 Å². The van der Waals surface area contributed by atoms with Crippen molar-refractivity contribution in [3.8, 4) is 0 Å². The molecule has 0 aliphatic rings. The van der Waals surface area contributed by atoms with Crippen LogP contribution in [0.15, 0.2) is 25.8 Å². The number of hydrogen-bond acceptors (Lipinski definition) is 2. The minimum atomic E-state index is -0.878. The van der Waals surface area contributed by atoms with Crippen molar-refractivity contribution in [2.24, 2.45) is 5.73 Å². The molecule has 1 unspecified atom stereocenters. The van der Waals surface area contributed by atoms with Gasteiger partial charge in [0.05, 0.1) is 13.6 Å². The molecular formula is C12H9Br2F2NS. The quantitative estimate of drug-likeness (QED) is 0.766. The molecule has 18 heavy (non-hydrogen) atoms. The molecule has 0 spiro atoms. The minimum absolute atomic E-state index is 0.157. The van der Waals surface area contributed by atoms with Gasteiger partial charge in [0.25, 0.3) is 0 Å². The van der Waals surface area contributed by atoms with Crippen molar-refractivity contribution in [3.05, 3.63) is 54.1 Å². The molecule has 0 amide bonds. The summed E-state index contributed by atoms with van der Waals surface area (Å²) in [4.78, 5) is 0. The highest BCUT2D eigenvalue weighted by atomic mass is 79.9. The zero-order valence-corrected chi connectivity index (χ0v) is 13.3. The highest BCUT2D eigenvalue weighted by molar-refractivity contribution is 9.12. The van der Waals surface area contributed by atoms with Gasteiger partial charge >= 0.3 is 0 Å². The standard InChI is InChI=1S/C12H9Br2F2NS/c1-5-2-3-6(10(16)9(5)15)11(17)7-4-8(13)18-12(7)14/h2-4,11H,17H2,1H3. The fraction of sp³-hybridized carbons (Fsp3) is 0.167. The van der Waals surface area contributed by atoms with Gasteiger partial charge in [0.15, 0.2) is 11.6 Å². The first-order valence-electron chi connectivity index (χ1n) is 5.06. The third-order valence-electron chi connectivity index (χ3n) is 2.66. The van der Waals surface area contributed by atoms with E-state index in [1.165, 1.54) is 30.4 Å². The van der Waals surface area contributed by atoms with E-state index >= 15 is 0 Å². The average Bonchev–Trinajstić information content (AvgIpc) is 2.65. The second-order valence-corrected chi connectivity index (χ2v) is 7.61. The highest BCUT2D eigenvalue weighted by Gasteiger charge is 2.21. The summed E-state index contributed by atoms with van der Waals surface area (Å²) in [5, 5.41) is 0. The van der Waals surface area contributed by atoms with Crippen LogP contribution in [0, 0.1) is 18.6 Å². The van der Waals surface area contributed by atoms with E-state index in [1.54, 1.807) is 6.07 Å². The van der Waals surface area contributed by atoms with Gasteiger partial charge in [0, 0.05) is 5.56 Å². The molecule has 96 valence electrons. The number of nitrogens with two attached hydrogens (primary N) is 1. The minimum Gasteiger partial charge on any atom is -0.320 e. The molecule has 0 radical (unpaired) electrons. The Morgan fingerprint density at radius 1 is 1.17 bits per heavy atom. The van der Waals surface area contributed by atoms with E-state index in [0.717, 1.165) is 13.1 Å². The molecule has 6 heteroatoms. The van der Waals surface area contributed by atoms with Crippen molar-refractivity contribution >= 4 is 43.2 Å². The molecular weight excluding hydrogens is 388 g/mol. The summed E-state index contributed by atoms with van der Waals surface area (Å²) in [5.41, 5.74) is 7.16. The van der Waals surface area contributed by atoms with Gasteiger partial charge in [-0.25, -0.2) is 8.78 Å². The molecule has 2 N–H and O–H groups in total. The Balaban J connectivity index is 2.49. The molecule has 1 aromatic heterocycles. The molecule has 0 saturated carbocycles. The van der Waals surface area contributed by atoms with Gasteiger partial charge in [-0.15, -0.1) is 11.3 Å². The van der Waals surface area contributed by atoms with Gasteiger partial charge in [-0.3, -0.25) is 0 Å². The second kappa shape index (κ2) is 5.36. The molecule has 0 aliphatic carbocycles. The predicted octanol–water partition coefficient (Wildman–Crippen LogP) is 4.91. The monoisotopic (exact) mass is 395 g/mol. The molecule has 0 aliphatic heterocycles. The second-order valence-electron chi connectivity index (χ2n) is 3.86. The molecule has 1 atom stereocenters. The van der Waals surface area contributed by atoms with Crippen LogP contribution in [0.5, 0.6) is 0 Å². The lowest BCUT2D eigenvalue weighted by Gasteiger charge is -2.13. The SMILES string of the molecule is Cc1ccc(C(N)c2cc(Br)sc2Br)c(F)c1F. The van der Waals surface area contributed by atoms with E-state index in [4.69, 9.17) is 5.73 Å². The van der Waals surface area contributed by atoms with E-state index in [2.05, 4.69) is 31.9 Å². The number of benzene rings is 1. The van der Waals surface area contributed by atoms with Gasteiger partial charge in [0.2, 0.25) is 0 Å². The van der Waals surface area contributed by atoms with Crippen molar-refractivity contribution in [1.29, 1.82) is 0 Å². The van der Waals surface area contributed by atoms with Crippen molar-refractivity contribution < 1.29 is 8.78 Å². The first kappa shape index (κ1) is 14.1. The normalized spacial score (nSPS) is 12.8. The molecule has 1 heterocycles. The van der Waals surface area contributed by atoms with Crippen molar-refractivity contribution in [2.75, 3.05) is 0 Å². The fourth-order valence-corrected chi connectivity index (χ4v) is 4.56. The summed E-state index contributed by atoms with van der Waals surface area (Å²) in [6, 6.07) is 4.16. The van der Waals surface area contributed by atoms with E-state index in [1.807, 2.05) is 0 Å². The fourth-order valence-electron chi connectivity index (χ4n) is 1.63. The molecule has 2 rings (SSSR count). The maximum atomic E-state index is 13.9. The smallest absolute Gasteiger partial charge is 0.164 e. The lowest BCUT2D eigenvalue weighted by Crippen LogP contribution is -2.14. The third kappa shape index (κ3) is 2.52. The molecule has 2 aromatic rings. The van der Waals surface area contributed by atoms with Crippen LogP contribution >= 0.6 is 43.2 Å². The Bertz CT molecular complexity index is 598. The van der Waals surface area contributed by atoms with Crippen molar-refractivity contribution in [1.82, 2.24) is 0 Å². The van der Waals surface area contributed by atoms with E-state index < -0.39 is 17.7 Å². The van der Waals surface area contributed by atoms with Crippen LogP contribution in [0.25, 0.3) is 0 Å². The topological polar surface area (TPSA) is 26.0 Å². The Morgan fingerprint density at radius 2 is 1.83 bits per heavy atom. The zero-order chi connectivity index (χ0) is 13.4. The molecule has 1 nitrogen and oxygen atoms in total. The van der Waals surface area contributed by atoms with Crippen LogP contribution in [0.2, 0.25) is 0 Å². The summed E-state index contributed by atoms with van der Waals surface area (Å²) in [6.07, 6.45) is 0. The van der Waals surface area contributed by atoms with Crippen LogP contribution in [0.3, 0.4) is 0 Å². The first-order chi connectivity index (χ1) is 8.41. The molecule has 0 fully saturated rings. The summed E-state index contributed by atoms with van der Waals surface area (Å²) in [7, 11) is 0. The Labute approximate surface area is 124 Å². The maximum Gasteiger partial charge on any atom is 0.164 e. The van der Waals surface area contributed by atoms with E-state index in [-0.39, 0.29) is 11.1 Å². The van der Waals surface area contributed by atoms with Crippen LogP contribution in [0.4, 0.5) is 8.78 Å². The lowest BCUT2D eigenvalue weighted by atomic mass is 10.00. The lowest BCUT2D eigenvalue weighted by molar-refractivity contribution is 0.489. The van der Waals surface area contributed by atoms with Gasteiger partial charge < -0.3 is 5.73 Å². The first-order valence-corrected chi connectivity index (χ1v) is 7.47. The third-order valence-corrected chi connectivity index (χ3v) is 5.04. The molecule has 0 saturated heterocycles. The predicted molar refractivity (Wildman–Crippen MR) is 76.8 cm³/mol. The van der Waals surface area contributed by atoms with Crippen molar-refractivity contribution in [2.45, 2.75) is 13.0 Å². The Hall–Kier alpha value is -0.300. The van der Waals surface area contributed by atoms with Gasteiger partial charge in [0.1, 0.15) is 0 Å². The number of aryl methyl sites for hydroxylation is 1. The summed E-state index contributed by atoms with van der Waals surface area (Å²) in [5.74, 6) is -1.72. The van der Waals surface area contributed by atoms with E-state index in [0.29, 0.717) is 0 Å².